The molecular weight excluding hydrogens is 400 g/mol. The van der Waals surface area contributed by atoms with Crippen LogP contribution in [0, 0.1) is 23.0 Å². The van der Waals surface area contributed by atoms with Crippen LogP contribution in [-0.2, 0) is 4.74 Å². The summed E-state index contributed by atoms with van der Waals surface area (Å²) in [6, 6.07) is 8.89. The number of H-pyrrole nitrogens is 1. The molecule has 4 rings (SSSR count). The van der Waals surface area contributed by atoms with Crippen LogP contribution >= 0.6 is 11.6 Å². The largest absolute Gasteiger partial charge is 0.380 e. The molecule has 1 aromatic heterocycles. The number of ether oxygens (including phenoxy) is 1. The van der Waals surface area contributed by atoms with Gasteiger partial charge in [-0.2, -0.15) is 5.26 Å². The number of aromatic nitrogens is 1. The van der Waals surface area contributed by atoms with Crippen molar-refractivity contribution >= 4 is 28.2 Å². The first-order chi connectivity index (χ1) is 13.9. The molecule has 1 fully saturated rings. The first-order valence-electron chi connectivity index (χ1n) is 8.95. The van der Waals surface area contributed by atoms with Crippen LogP contribution in [0.1, 0.15) is 12.0 Å². The lowest BCUT2D eigenvalue weighted by Crippen LogP contribution is -2.25. The zero-order valence-corrected chi connectivity index (χ0v) is 16.2. The van der Waals surface area contributed by atoms with E-state index in [0.29, 0.717) is 35.7 Å². The molecule has 5 nitrogen and oxygen atoms in total. The number of nitriles is 1. The fourth-order valence-corrected chi connectivity index (χ4v) is 3.91. The topological polar surface area (TPSA) is 69.1 Å². The van der Waals surface area contributed by atoms with Gasteiger partial charge in [0.2, 0.25) is 0 Å². The Balaban J connectivity index is 1.88. The Morgan fingerprint density at radius 3 is 2.79 bits per heavy atom. The summed E-state index contributed by atoms with van der Waals surface area (Å²) in [4.78, 5) is 17.2. The normalized spacial score (nSPS) is 16.4. The van der Waals surface area contributed by atoms with Crippen LogP contribution < -0.4 is 10.3 Å². The average molecular weight is 416 g/mol. The van der Waals surface area contributed by atoms with Gasteiger partial charge in [0.15, 0.2) is 17.1 Å². The number of hydrogen-bond donors (Lipinski definition) is 1. The molecule has 1 N–H and O–H groups in total. The monoisotopic (exact) mass is 415 g/mol. The molecule has 0 radical (unpaired) electrons. The van der Waals surface area contributed by atoms with Crippen molar-refractivity contribution < 1.29 is 13.5 Å². The number of pyridine rings is 1. The van der Waals surface area contributed by atoms with Gasteiger partial charge in [0.05, 0.1) is 34.3 Å². The fraction of sp³-hybridized carbons (Fsp3) is 0.238. The van der Waals surface area contributed by atoms with E-state index in [1.165, 1.54) is 18.2 Å². The van der Waals surface area contributed by atoms with Crippen LogP contribution in [0.15, 0.2) is 35.1 Å². The van der Waals surface area contributed by atoms with Gasteiger partial charge in [-0.3, -0.25) is 4.79 Å². The zero-order valence-electron chi connectivity index (χ0n) is 15.4. The van der Waals surface area contributed by atoms with Gasteiger partial charge < -0.3 is 14.6 Å². The molecule has 148 valence electrons. The Labute approximate surface area is 170 Å². The van der Waals surface area contributed by atoms with Crippen LogP contribution in [-0.4, -0.2) is 31.3 Å². The highest BCUT2D eigenvalue weighted by Gasteiger charge is 2.28. The van der Waals surface area contributed by atoms with Gasteiger partial charge in [-0.1, -0.05) is 11.6 Å². The molecule has 1 aliphatic rings. The van der Waals surface area contributed by atoms with E-state index in [0.717, 1.165) is 6.07 Å². The molecule has 29 heavy (non-hydrogen) atoms. The van der Waals surface area contributed by atoms with E-state index in [1.807, 2.05) is 6.07 Å². The minimum Gasteiger partial charge on any atom is -0.380 e. The predicted molar refractivity (Wildman–Crippen MR) is 107 cm³/mol. The van der Waals surface area contributed by atoms with Crippen LogP contribution in [0.3, 0.4) is 0 Å². The molecule has 2 heterocycles. The molecule has 0 bridgehead atoms. The van der Waals surface area contributed by atoms with Gasteiger partial charge in [0.25, 0.3) is 0 Å². The highest BCUT2D eigenvalue weighted by Crippen LogP contribution is 2.33. The Kier molecular flexibility index (Phi) is 4.99. The van der Waals surface area contributed by atoms with Crippen molar-refractivity contribution in [1.82, 2.24) is 4.98 Å². The van der Waals surface area contributed by atoms with Gasteiger partial charge in [-0.05, 0) is 24.6 Å². The summed E-state index contributed by atoms with van der Waals surface area (Å²) in [5.41, 5.74) is 0.217. The van der Waals surface area contributed by atoms with Gasteiger partial charge in [0.1, 0.15) is 5.69 Å². The van der Waals surface area contributed by atoms with E-state index < -0.39 is 17.1 Å². The number of methoxy groups -OCH3 is 1. The SMILES string of the molecule is CO[C@H]1CCN(c2c(F)cc3[nH]c(-c4cc(C#N)ccc4Cl)cc(=O)c3c2F)C1. The van der Waals surface area contributed by atoms with Crippen LogP contribution in [0.5, 0.6) is 0 Å². The Morgan fingerprint density at radius 1 is 1.31 bits per heavy atom. The van der Waals surface area contributed by atoms with E-state index >= 15 is 4.39 Å². The molecule has 0 amide bonds. The van der Waals surface area contributed by atoms with E-state index in [1.54, 1.807) is 18.1 Å². The molecule has 8 heteroatoms. The number of nitrogens with one attached hydrogen (secondary N) is 1. The van der Waals surface area contributed by atoms with Crippen molar-refractivity contribution in [2.24, 2.45) is 0 Å². The predicted octanol–water partition coefficient (Wildman–Crippen LogP) is 4.22. The lowest BCUT2D eigenvalue weighted by Gasteiger charge is -2.20. The van der Waals surface area contributed by atoms with Crippen molar-refractivity contribution in [3.8, 4) is 17.3 Å². The summed E-state index contributed by atoms with van der Waals surface area (Å²) < 4.78 is 35.3. The summed E-state index contributed by atoms with van der Waals surface area (Å²) in [6.07, 6.45) is 0.538. The zero-order chi connectivity index (χ0) is 20.7. The van der Waals surface area contributed by atoms with E-state index in [9.17, 15) is 9.18 Å². The van der Waals surface area contributed by atoms with Crippen LogP contribution in [0.2, 0.25) is 5.02 Å². The quantitative estimate of drug-likeness (QED) is 0.695. The standard InChI is InChI=1S/C21H16ClF2N3O2/c1-29-12-4-5-27(10-12)21-15(23)7-17-19(20(21)24)18(28)8-16(26-17)13-6-11(9-25)2-3-14(13)22/h2-3,6-8,12H,4-5,10H2,1H3,(H,26,28)/t12-/m0/s1. The van der Waals surface area contributed by atoms with Crippen molar-refractivity contribution in [2.45, 2.75) is 12.5 Å². The number of halogens is 3. The maximum Gasteiger partial charge on any atom is 0.193 e. The van der Waals surface area contributed by atoms with Gasteiger partial charge in [0, 0.05) is 42.9 Å². The number of benzene rings is 2. The molecule has 0 aliphatic carbocycles. The summed E-state index contributed by atoms with van der Waals surface area (Å²) in [5.74, 6) is -1.67. The molecule has 1 aliphatic heterocycles. The third kappa shape index (κ3) is 3.35. The summed E-state index contributed by atoms with van der Waals surface area (Å²) in [6.45, 7) is 0.785. The minimum absolute atomic E-state index is 0.0205. The van der Waals surface area contributed by atoms with Gasteiger partial charge >= 0.3 is 0 Å². The molecule has 0 saturated carbocycles. The highest BCUT2D eigenvalue weighted by molar-refractivity contribution is 6.33. The third-order valence-corrected chi connectivity index (χ3v) is 5.49. The van der Waals surface area contributed by atoms with Gasteiger partial charge in [-0.15, -0.1) is 0 Å². The lowest BCUT2D eigenvalue weighted by molar-refractivity contribution is 0.121. The van der Waals surface area contributed by atoms with Crippen molar-refractivity contribution in [2.75, 3.05) is 25.1 Å². The summed E-state index contributed by atoms with van der Waals surface area (Å²) in [5, 5.41) is 9.17. The van der Waals surface area contributed by atoms with Crippen molar-refractivity contribution in [3.05, 3.63) is 62.8 Å². The van der Waals surface area contributed by atoms with E-state index in [2.05, 4.69) is 4.98 Å². The van der Waals surface area contributed by atoms with Gasteiger partial charge in [-0.25, -0.2) is 8.78 Å². The Morgan fingerprint density at radius 2 is 2.10 bits per heavy atom. The summed E-state index contributed by atoms with van der Waals surface area (Å²) in [7, 11) is 1.56. The maximum absolute atomic E-state index is 15.2. The third-order valence-electron chi connectivity index (χ3n) is 5.17. The highest BCUT2D eigenvalue weighted by atomic mass is 35.5. The second-order valence-electron chi connectivity index (χ2n) is 6.89. The lowest BCUT2D eigenvalue weighted by atomic mass is 10.1. The van der Waals surface area contributed by atoms with Crippen molar-refractivity contribution in [3.63, 3.8) is 0 Å². The number of hydrogen-bond acceptors (Lipinski definition) is 4. The van der Waals surface area contributed by atoms with Crippen molar-refractivity contribution in [1.29, 1.82) is 5.26 Å². The first kappa shape index (κ1) is 19.4. The molecular formula is C21H16ClF2N3O2. The smallest absolute Gasteiger partial charge is 0.193 e. The molecule has 1 atom stereocenters. The van der Waals surface area contributed by atoms with E-state index in [-0.39, 0.29) is 28.4 Å². The molecule has 0 spiro atoms. The molecule has 0 unspecified atom stereocenters. The second kappa shape index (κ2) is 7.47. The first-order valence-corrected chi connectivity index (χ1v) is 9.33. The fourth-order valence-electron chi connectivity index (χ4n) is 3.69. The minimum atomic E-state index is -0.901. The summed E-state index contributed by atoms with van der Waals surface area (Å²) >= 11 is 6.19. The number of fused-ring (bicyclic) bond motifs is 1. The number of anilines is 1. The number of rotatable bonds is 3. The molecule has 2 aromatic carbocycles. The van der Waals surface area contributed by atoms with E-state index in [4.69, 9.17) is 21.6 Å². The average Bonchev–Trinajstić information content (AvgIpc) is 3.16. The Bertz CT molecular complexity index is 1220. The Hall–Kier alpha value is -2.95. The second-order valence-corrected chi connectivity index (χ2v) is 7.30. The maximum atomic E-state index is 15.2. The number of nitrogens with zero attached hydrogens (tertiary/aromatic N) is 2. The molecule has 3 aromatic rings. The van der Waals surface area contributed by atoms with Crippen LogP contribution in [0.4, 0.5) is 14.5 Å². The molecule has 1 saturated heterocycles. The number of aromatic amines is 1. The van der Waals surface area contributed by atoms with Crippen LogP contribution in [0.25, 0.3) is 22.2 Å².